The number of hydrogen-bond acceptors (Lipinski definition) is 5. The molecule has 0 radical (unpaired) electrons. The Balaban J connectivity index is 1.52. The molecule has 3 aromatic rings. The highest BCUT2D eigenvalue weighted by molar-refractivity contribution is 7.89. The van der Waals surface area contributed by atoms with E-state index in [0.717, 1.165) is 5.69 Å². The lowest BCUT2D eigenvalue weighted by atomic mass is 10.0. The number of sulfonamides is 1. The molecule has 0 N–H and O–H groups in total. The molecule has 190 valence electrons. The maximum atomic E-state index is 13.4. The number of halogens is 1. The van der Waals surface area contributed by atoms with Crippen molar-refractivity contribution in [1.82, 2.24) is 9.21 Å². The van der Waals surface area contributed by atoms with E-state index in [4.69, 9.17) is 4.74 Å². The quantitative estimate of drug-likeness (QED) is 0.458. The molecule has 1 amide bonds. The number of carbonyl (C=O) groups excluding carboxylic acids is 1. The molecule has 9 heteroatoms. The number of ether oxygens (including phenoxy) is 1. The van der Waals surface area contributed by atoms with Crippen molar-refractivity contribution in [3.8, 4) is 5.75 Å². The van der Waals surface area contributed by atoms with Crippen molar-refractivity contribution < 1.29 is 22.3 Å². The lowest BCUT2D eigenvalue weighted by Crippen LogP contribution is -2.49. The first-order valence-electron chi connectivity index (χ1n) is 11.7. The predicted octanol–water partition coefficient (Wildman–Crippen LogP) is 3.94. The first kappa shape index (κ1) is 25.7. The summed E-state index contributed by atoms with van der Waals surface area (Å²) in [5, 5.41) is 0. The van der Waals surface area contributed by atoms with Crippen molar-refractivity contribution in [1.29, 1.82) is 0 Å². The Morgan fingerprint density at radius 1 is 0.944 bits per heavy atom. The molecule has 0 aliphatic carbocycles. The Bertz CT molecular complexity index is 1260. The minimum absolute atomic E-state index is 0.00540. The largest absolute Gasteiger partial charge is 0.497 e. The number of piperazine rings is 1. The summed E-state index contributed by atoms with van der Waals surface area (Å²) in [7, 11) is -0.760. The number of rotatable bonds is 8. The van der Waals surface area contributed by atoms with E-state index in [0.29, 0.717) is 37.5 Å². The zero-order chi connectivity index (χ0) is 25.7. The van der Waals surface area contributed by atoms with Crippen LogP contribution in [0.15, 0.2) is 83.8 Å². The Kier molecular flexibility index (Phi) is 7.91. The Labute approximate surface area is 211 Å². The number of carbonyl (C=O) groups is 1. The predicted molar refractivity (Wildman–Crippen MR) is 137 cm³/mol. The molecule has 0 bridgehead atoms. The summed E-state index contributed by atoms with van der Waals surface area (Å²) in [6, 6.07) is 20.9. The monoisotopic (exact) mass is 511 g/mol. The summed E-state index contributed by atoms with van der Waals surface area (Å²) in [5.74, 6) is 0.241. The second-order valence-corrected chi connectivity index (χ2v) is 10.7. The third-order valence-electron chi connectivity index (χ3n) is 6.55. The van der Waals surface area contributed by atoms with Crippen LogP contribution in [0.5, 0.6) is 5.75 Å². The molecule has 1 aliphatic rings. The Morgan fingerprint density at radius 2 is 1.56 bits per heavy atom. The molecule has 0 spiro atoms. The van der Waals surface area contributed by atoms with Gasteiger partial charge in [-0.05, 0) is 54.1 Å². The van der Waals surface area contributed by atoms with E-state index in [-0.39, 0.29) is 23.0 Å². The number of benzene rings is 3. The van der Waals surface area contributed by atoms with Gasteiger partial charge in [-0.15, -0.1) is 0 Å². The summed E-state index contributed by atoms with van der Waals surface area (Å²) in [5.41, 5.74) is 1.62. The van der Waals surface area contributed by atoms with Crippen molar-refractivity contribution in [2.45, 2.75) is 17.4 Å². The van der Waals surface area contributed by atoms with Crippen LogP contribution in [0.4, 0.5) is 10.1 Å². The van der Waals surface area contributed by atoms with Crippen molar-refractivity contribution in [3.63, 3.8) is 0 Å². The molecule has 0 saturated carbocycles. The average Bonchev–Trinajstić information content (AvgIpc) is 2.92. The van der Waals surface area contributed by atoms with Gasteiger partial charge in [0.05, 0.1) is 18.0 Å². The number of nitrogens with zero attached hydrogens (tertiary/aromatic N) is 3. The van der Waals surface area contributed by atoms with E-state index in [2.05, 4.69) is 4.90 Å². The molecular formula is C27H30FN3O4S. The van der Waals surface area contributed by atoms with Crippen LogP contribution in [-0.2, 0) is 14.8 Å². The fraction of sp³-hybridized carbons (Fsp3) is 0.296. The zero-order valence-corrected chi connectivity index (χ0v) is 21.2. The highest BCUT2D eigenvalue weighted by Gasteiger charge is 2.33. The Hall–Kier alpha value is -3.43. The number of methoxy groups -OCH3 is 1. The summed E-state index contributed by atoms with van der Waals surface area (Å²) < 4.78 is 46.6. The van der Waals surface area contributed by atoms with Crippen molar-refractivity contribution in [2.75, 3.05) is 45.2 Å². The summed E-state index contributed by atoms with van der Waals surface area (Å²) in [6.45, 7) is 2.23. The topological polar surface area (TPSA) is 70.2 Å². The van der Waals surface area contributed by atoms with Crippen LogP contribution in [0.25, 0.3) is 0 Å². The number of anilines is 1. The molecular weight excluding hydrogens is 481 g/mol. The van der Waals surface area contributed by atoms with Gasteiger partial charge in [0.25, 0.3) is 0 Å². The van der Waals surface area contributed by atoms with Gasteiger partial charge in [-0.3, -0.25) is 4.79 Å². The molecule has 7 nitrogen and oxygen atoms in total. The standard InChI is InChI=1S/C27H30FN3O4S/c1-29(36(33,34)25-6-4-3-5-7-25)26(21-8-14-24(35-2)15-9-21)20-27(32)31-18-16-30(17-19-31)23-12-10-22(28)11-13-23/h3-15,26H,16-20H2,1-2H3/t26-/m1/s1. The van der Waals surface area contributed by atoms with E-state index in [9.17, 15) is 17.6 Å². The van der Waals surface area contributed by atoms with Gasteiger partial charge in [0.2, 0.25) is 15.9 Å². The van der Waals surface area contributed by atoms with E-state index in [1.54, 1.807) is 78.7 Å². The van der Waals surface area contributed by atoms with E-state index in [1.165, 1.54) is 23.5 Å². The molecule has 1 saturated heterocycles. The second-order valence-electron chi connectivity index (χ2n) is 8.67. The Morgan fingerprint density at radius 3 is 2.14 bits per heavy atom. The van der Waals surface area contributed by atoms with Gasteiger partial charge in [-0.1, -0.05) is 30.3 Å². The second kappa shape index (κ2) is 11.1. The molecule has 0 aromatic heterocycles. The molecule has 1 heterocycles. The molecule has 1 fully saturated rings. The number of amides is 1. The molecule has 0 unspecified atom stereocenters. The SMILES string of the molecule is COc1ccc([C@@H](CC(=O)N2CCN(c3ccc(F)cc3)CC2)N(C)S(=O)(=O)c2ccccc2)cc1. The van der Waals surface area contributed by atoms with Gasteiger partial charge < -0.3 is 14.5 Å². The first-order chi connectivity index (χ1) is 17.3. The van der Waals surface area contributed by atoms with E-state index in [1.807, 2.05) is 0 Å². The third-order valence-corrected chi connectivity index (χ3v) is 8.43. The summed E-state index contributed by atoms with van der Waals surface area (Å²) in [4.78, 5) is 17.4. The minimum atomic E-state index is -3.83. The lowest BCUT2D eigenvalue weighted by molar-refractivity contribution is -0.132. The minimum Gasteiger partial charge on any atom is -0.497 e. The first-order valence-corrected chi connectivity index (χ1v) is 13.2. The third kappa shape index (κ3) is 5.68. The van der Waals surface area contributed by atoms with Gasteiger partial charge >= 0.3 is 0 Å². The highest BCUT2D eigenvalue weighted by Crippen LogP contribution is 2.31. The van der Waals surface area contributed by atoms with Crippen molar-refractivity contribution in [3.05, 3.63) is 90.2 Å². The van der Waals surface area contributed by atoms with Crippen LogP contribution in [0.1, 0.15) is 18.0 Å². The van der Waals surface area contributed by atoms with Crippen LogP contribution < -0.4 is 9.64 Å². The maximum absolute atomic E-state index is 13.4. The molecule has 1 aliphatic heterocycles. The molecule has 3 aromatic carbocycles. The fourth-order valence-electron chi connectivity index (χ4n) is 4.37. The maximum Gasteiger partial charge on any atom is 0.243 e. The molecule has 36 heavy (non-hydrogen) atoms. The van der Waals surface area contributed by atoms with Gasteiger partial charge in [0.15, 0.2) is 0 Å². The van der Waals surface area contributed by atoms with Gasteiger partial charge in [-0.25, -0.2) is 12.8 Å². The van der Waals surface area contributed by atoms with E-state index < -0.39 is 16.1 Å². The van der Waals surface area contributed by atoms with Gasteiger partial charge in [0, 0.05) is 45.3 Å². The highest BCUT2D eigenvalue weighted by atomic mass is 32.2. The van der Waals surface area contributed by atoms with Crippen LogP contribution in [0.3, 0.4) is 0 Å². The normalized spacial score (nSPS) is 15.1. The summed E-state index contributed by atoms with van der Waals surface area (Å²) >= 11 is 0. The fourth-order valence-corrected chi connectivity index (χ4v) is 5.73. The van der Waals surface area contributed by atoms with Gasteiger partial charge in [0.1, 0.15) is 11.6 Å². The molecule has 1 atom stereocenters. The average molecular weight is 512 g/mol. The number of hydrogen-bond donors (Lipinski definition) is 0. The molecule has 4 rings (SSSR count). The summed E-state index contributed by atoms with van der Waals surface area (Å²) in [6.07, 6.45) is 0.00540. The van der Waals surface area contributed by atoms with Crippen molar-refractivity contribution in [2.24, 2.45) is 0 Å². The van der Waals surface area contributed by atoms with Crippen LogP contribution in [0, 0.1) is 5.82 Å². The lowest BCUT2D eigenvalue weighted by Gasteiger charge is -2.37. The zero-order valence-electron chi connectivity index (χ0n) is 20.4. The van der Waals surface area contributed by atoms with E-state index >= 15 is 0 Å². The van der Waals surface area contributed by atoms with Crippen molar-refractivity contribution >= 4 is 21.6 Å². The van der Waals surface area contributed by atoms with Crippen LogP contribution in [0.2, 0.25) is 0 Å². The van der Waals surface area contributed by atoms with Crippen LogP contribution >= 0.6 is 0 Å². The van der Waals surface area contributed by atoms with Gasteiger partial charge in [-0.2, -0.15) is 4.31 Å². The van der Waals surface area contributed by atoms with Crippen LogP contribution in [-0.4, -0.2) is 63.9 Å². The smallest absolute Gasteiger partial charge is 0.243 e.